The molecule has 1 aliphatic heterocycles. The predicted octanol–water partition coefficient (Wildman–Crippen LogP) is 2.61. The van der Waals surface area contributed by atoms with Gasteiger partial charge in [-0.25, -0.2) is 12.8 Å². The zero-order valence-corrected chi connectivity index (χ0v) is 15.8. The summed E-state index contributed by atoms with van der Waals surface area (Å²) < 4.78 is 40.6. The number of rotatable bonds is 7. The largest absolute Gasteiger partial charge is 0.302 e. The van der Waals surface area contributed by atoms with Gasteiger partial charge in [-0.15, -0.1) is 0 Å². The molecule has 0 atom stereocenters. The Morgan fingerprint density at radius 2 is 2.12 bits per heavy atom. The van der Waals surface area contributed by atoms with Gasteiger partial charge in [0, 0.05) is 43.5 Å². The molecule has 6 nitrogen and oxygen atoms in total. The number of aromatic nitrogens is 2. The fraction of sp³-hybridized carbons (Fsp3) is 0.500. The number of benzene rings is 1. The Morgan fingerprint density at radius 1 is 1.38 bits per heavy atom. The second-order valence-corrected chi connectivity index (χ2v) is 8.45. The van der Waals surface area contributed by atoms with Crippen LogP contribution in [0.25, 0.3) is 10.9 Å². The van der Waals surface area contributed by atoms with Gasteiger partial charge in [0.05, 0.1) is 17.8 Å². The standard InChI is InChI=1S/C18H25FN4O2S/c1-3-22(26(24,25)4-2)12-11-21-9-7-17(8-10-21)23-18-6-5-16(19)13-15(18)14-20-23/h4-6,13-14,17H,2-3,7-12H2,1H3. The molecule has 26 heavy (non-hydrogen) atoms. The van der Waals surface area contributed by atoms with E-state index in [2.05, 4.69) is 16.6 Å². The van der Waals surface area contributed by atoms with Crippen LogP contribution in [0, 0.1) is 5.82 Å². The Morgan fingerprint density at radius 3 is 2.77 bits per heavy atom. The van der Waals surface area contributed by atoms with Gasteiger partial charge < -0.3 is 4.90 Å². The van der Waals surface area contributed by atoms with Gasteiger partial charge in [-0.05, 0) is 31.0 Å². The summed E-state index contributed by atoms with van der Waals surface area (Å²) in [5, 5.41) is 6.28. The Kier molecular flexibility index (Phi) is 5.74. The molecule has 0 amide bonds. The topological polar surface area (TPSA) is 58.4 Å². The van der Waals surface area contributed by atoms with Gasteiger partial charge in [-0.2, -0.15) is 9.40 Å². The third-order valence-electron chi connectivity index (χ3n) is 5.05. The van der Waals surface area contributed by atoms with Crippen molar-refractivity contribution < 1.29 is 12.8 Å². The molecule has 142 valence electrons. The number of halogens is 1. The second kappa shape index (κ2) is 7.85. The number of hydrogen-bond acceptors (Lipinski definition) is 4. The normalized spacial score (nSPS) is 17.2. The van der Waals surface area contributed by atoms with Gasteiger partial charge in [0.2, 0.25) is 10.0 Å². The van der Waals surface area contributed by atoms with E-state index in [0.717, 1.165) is 42.2 Å². The molecule has 1 saturated heterocycles. The van der Waals surface area contributed by atoms with Crippen molar-refractivity contribution in [3.8, 4) is 0 Å². The quantitative estimate of drug-likeness (QED) is 0.741. The lowest BCUT2D eigenvalue weighted by molar-refractivity contribution is 0.174. The third-order valence-corrected chi connectivity index (χ3v) is 6.63. The Hall–Kier alpha value is -1.77. The van der Waals surface area contributed by atoms with Crippen molar-refractivity contribution in [3.63, 3.8) is 0 Å². The fourth-order valence-corrected chi connectivity index (χ4v) is 4.43. The van der Waals surface area contributed by atoms with E-state index in [1.54, 1.807) is 12.3 Å². The van der Waals surface area contributed by atoms with Crippen LogP contribution in [-0.2, 0) is 10.0 Å². The van der Waals surface area contributed by atoms with Crippen LogP contribution in [0.5, 0.6) is 0 Å². The molecule has 0 N–H and O–H groups in total. The maximum Gasteiger partial charge on any atom is 0.235 e. The highest BCUT2D eigenvalue weighted by Crippen LogP contribution is 2.26. The van der Waals surface area contributed by atoms with Crippen molar-refractivity contribution in [2.24, 2.45) is 0 Å². The minimum absolute atomic E-state index is 0.248. The van der Waals surface area contributed by atoms with Crippen LogP contribution in [0.2, 0.25) is 0 Å². The molecule has 8 heteroatoms. The molecule has 0 radical (unpaired) electrons. The summed E-state index contributed by atoms with van der Waals surface area (Å²) >= 11 is 0. The lowest BCUT2D eigenvalue weighted by Gasteiger charge is -2.33. The number of sulfonamides is 1. The zero-order valence-electron chi connectivity index (χ0n) is 15.0. The molecule has 0 saturated carbocycles. The Bertz CT molecular complexity index is 872. The van der Waals surface area contributed by atoms with Crippen molar-refractivity contribution in [3.05, 3.63) is 42.2 Å². The number of likely N-dealkylation sites (N-methyl/N-ethyl adjacent to an activating group) is 1. The van der Waals surface area contributed by atoms with Crippen LogP contribution in [-0.4, -0.2) is 60.1 Å². The Balaban J connectivity index is 1.58. The van der Waals surface area contributed by atoms with Gasteiger partial charge in [-0.1, -0.05) is 13.5 Å². The van der Waals surface area contributed by atoms with Crippen LogP contribution >= 0.6 is 0 Å². The average Bonchev–Trinajstić information content (AvgIpc) is 3.05. The summed E-state index contributed by atoms with van der Waals surface area (Å²) in [6.45, 7) is 8.62. The zero-order chi connectivity index (χ0) is 18.7. The summed E-state index contributed by atoms with van der Waals surface area (Å²) in [6.07, 6.45) is 3.59. The van der Waals surface area contributed by atoms with Crippen LogP contribution in [0.15, 0.2) is 36.4 Å². The molecule has 0 aliphatic carbocycles. The predicted molar refractivity (Wildman–Crippen MR) is 101 cm³/mol. The molecule has 1 fully saturated rings. The molecule has 0 unspecified atom stereocenters. The lowest BCUT2D eigenvalue weighted by atomic mass is 10.0. The van der Waals surface area contributed by atoms with E-state index in [0.29, 0.717) is 19.6 Å². The summed E-state index contributed by atoms with van der Waals surface area (Å²) in [4.78, 5) is 2.28. The van der Waals surface area contributed by atoms with Crippen molar-refractivity contribution in [1.82, 2.24) is 19.0 Å². The van der Waals surface area contributed by atoms with E-state index >= 15 is 0 Å². The molecule has 3 rings (SSSR count). The van der Waals surface area contributed by atoms with Gasteiger partial charge in [0.15, 0.2) is 0 Å². The first-order valence-corrected chi connectivity index (χ1v) is 10.4. The number of piperidine rings is 1. The van der Waals surface area contributed by atoms with E-state index < -0.39 is 10.0 Å². The van der Waals surface area contributed by atoms with E-state index in [-0.39, 0.29) is 11.9 Å². The number of hydrogen-bond donors (Lipinski definition) is 0. The maximum atomic E-state index is 13.3. The highest BCUT2D eigenvalue weighted by molar-refractivity contribution is 7.92. The number of likely N-dealkylation sites (tertiary alicyclic amines) is 1. The molecule has 1 aromatic carbocycles. The number of nitrogens with zero attached hydrogens (tertiary/aromatic N) is 4. The van der Waals surface area contributed by atoms with Gasteiger partial charge in [0.1, 0.15) is 5.82 Å². The smallest absolute Gasteiger partial charge is 0.235 e. The molecular weight excluding hydrogens is 355 g/mol. The lowest BCUT2D eigenvalue weighted by Crippen LogP contribution is -2.41. The third kappa shape index (κ3) is 3.97. The van der Waals surface area contributed by atoms with Crippen molar-refractivity contribution in [1.29, 1.82) is 0 Å². The summed E-state index contributed by atoms with van der Waals surface area (Å²) in [6, 6.07) is 5.04. The van der Waals surface area contributed by atoms with Crippen LogP contribution in [0.4, 0.5) is 4.39 Å². The average molecular weight is 380 g/mol. The van der Waals surface area contributed by atoms with E-state index in [4.69, 9.17) is 0 Å². The first kappa shape index (κ1) is 19.0. The van der Waals surface area contributed by atoms with Crippen molar-refractivity contribution >= 4 is 20.9 Å². The monoisotopic (exact) mass is 380 g/mol. The van der Waals surface area contributed by atoms with Crippen LogP contribution in [0.3, 0.4) is 0 Å². The van der Waals surface area contributed by atoms with Crippen molar-refractivity contribution in [2.75, 3.05) is 32.7 Å². The molecule has 1 aromatic heterocycles. The molecule has 2 heterocycles. The van der Waals surface area contributed by atoms with Gasteiger partial charge in [-0.3, -0.25) is 4.68 Å². The summed E-state index contributed by atoms with van der Waals surface area (Å²) in [5.74, 6) is -0.248. The van der Waals surface area contributed by atoms with Crippen LogP contribution < -0.4 is 0 Å². The highest BCUT2D eigenvalue weighted by Gasteiger charge is 2.24. The minimum Gasteiger partial charge on any atom is -0.302 e. The van der Waals surface area contributed by atoms with E-state index in [1.165, 1.54) is 16.4 Å². The van der Waals surface area contributed by atoms with E-state index in [1.807, 2.05) is 11.6 Å². The van der Waals surface area contributed by atoms with Gasteiger partial charge in [0.25, 0.3) is 0 Å². The molecule has 2 aromatic rings. The highest BCUT2D eigenvalue weighted by atomic mass is 32.2. The first-order valence-electron chi connectivity index (χ1n) is 8.92. The molecule has 0 bridgehead atoms. The molecule has 0 spiro atoms. The Labute approximate surface area is 153 Å². The minimum atomic E-state index is -3.36. The van der Waals surface area contributed by atoms with Gasteiger partial charge >= 0.3 is 0 Å². The summed E-state index contributed by atoms with van der Waals surface area (Å²) in [7, 11) is -3.36. The number of fused-ring (bicyclic) bond motifs is 1. The second-order valence-electron chi connectivity index (χ2n) is 6.57. The fourth-order valence-electron chi connectivity index (χ4n) is 3.53. The van der Waals surface area contributed by atoms with Crippen molar-refractivity contribution in [2.45, 2.75) is 25.8 Å². The molecule has 1 aliphatic rings. The maximum absolute atomic E-state index is 13.3. The SMILES string of the molecule is C=CS(=O)(=O)N(CC)CCN1CCC(n2ncc3cc(F)ccc32)CC1. The summed E-state index contributed by atoms with van der Waals surface area (Å²) in [5.41, 5.74) is 0.957. The van der Waals surface area contributed by atoms with Crippen LogP contribution in [0.1, 0.15) is 25.8 Å². The first-order chi connectivity index (χ1) is 12.4. The molecular formula is C18H25FN4O2S. The van der Waals surface area contributed by atoms with E-state index in [9.17, 15) is 12.8 Å².